The van der Waals surface area contributed by atoms with Crippen molar-refractivity contribution in [3.8, 4) is 11.5 Å². The van der Waals surface area contributed by atoms with Gasteiger partial charge in [0.05, 0.1) is 19.9 Å². The number of ether oxygens (including phenoxy) is 2. The lowest BCUT2D eigenvalue weighted by Gasteiger charge is -2.27. The molecular weight excluding hydrogens is 240 g/mol. The van der Waals surface area contributed by atoms with E-state index in [0.29, 0.717) is 6.04 Å². The van der Waals surface area contributed by atoms with E-state index in [1.807, 2.05) is 6.07 Å². The van der Waals surface area contributed by atoms with Gasteiger partial charge in [0.2, 0.25) is 0 Å². The summed E-state index contributed by atoms with van der Waals surface area (Å²) >= 11 is 0. The first-order chi connectivity index (χ1) is 9.17. The van der Waals surface area contributed by atoms with Crippen molar-refractivity contribution in [1.82, 2.24) is 5.32 Å². The smallest absolute Gasteiger partial charge is 0.145 e. The molecule has 106 valence electrons. The Balaban J connectivity index is 2.29. The zero-order valence-corrected chi connectivity index (χ0v) is 12.3. The lowest BCUT2D eigenvalue weighted by atomic mass is 10.0. The molecule has 19 heavy (non-hydrogen) atoms. The lowest BCUT2D eigenvalue weighted by Crippen LogP contribution is -2.38. The highest BCUT2D eigenvalue weighted by Crippen LogP contribution is 2.37. The number of anilines is 1. The zero-order chi connectivity index (χ0) is 13.8. The van der Waals surface area contributed by atoms with E-state index in [1.54, 1.807) is 14.2 Å². The molecule has 1 fully saturated rings. The maximum Gasteiger partial charge on any atom is 0.145 e. The molecule has 0 amide bonds. The third kappa shape index (κ3) is 2.95. The van der Waals surface area contributed by atoms with E-state index in [0.717, 1.165) is 41.4 Å². The van der Waals surface area contributed by atoms with Gasteiger partial charge in [0, 0.05) is 18.7 Å². The molecule has 0 spiro atoms. The van der Waals surface area contributed by atoms with Gasteiger partial charge in [0.15, 0.2) is 0 Å². The van der Waals surface area contributed by atoms with Crippen LogP contribution in [-0.4, -0.2) is 33.4 Å². The van der Waals surface area contributed by atoms with Gasteiger partial charge >= 0.3 is 0 Å². The summed E-state index contributed by atoms with van der Waals surface area (Å²) in [7, 11) is 3.43. The molecule has 2 N–H and O–H groups in total. The summed E-state index contributed by atoms with van der Waals surface area (Å²) in [6.45, 7) is 6.24. The lowest BCUT2D eigenvalue weighted by molar-refractivity contribution is 0.397. The van der Waals surface area contributed by atoms with Crippen molar-refractivity contribution in [2.45, 2.75) is 32.7 Å². The Kier molecular flexibility index (Phi) is 4.53. The van der Waals surface area contributed by atoms with Crippen LogP contribution in [0.15, 0.2) is 6.07 Å². The quantitative estimate of drug-likeness (QED) is 0.877. The Bertz CT molecular complexity index is 440. The average molecular weight is 264 g/mol. The summed E-state index contributed by atoms with van der Waals surface area (Å²) < 4.78 is 11.0. The molecule has 1 aliphatic rings. The fourth-order valence-electron chi connectivity index (χ4n) is 2.64. The van der Waals surface area contributed by atoms with E-state index in [9.17, 15) is 0 Å². The predicted molar refractivity (Wildman–Crippen MR) is 78.5 cm³/mol. The molecule has 0 aliphatic carbocycles. The Labute approximate surface area is 115 Å². The van der Waals surface area contributed by atoms with Gasteiger partial charge in [-0.15, -0.1) is 0 Å². The molecule has 0 bridgehead atoms. The summed E-state index contributed by atoms with van der Waals surface area (Å²) in [4.78, 5) is 0. The van der Waals surface area contributed by atoms with Crippen molar-refractivity contribution >= 4 is 5.69 Å². The highest BCUT2D eigenvalue weighted by Gasteiger charge is 2.18. The Morgan fingerprint density at radius 3 is 2.58 bits per heavy atom. The van der Waals surface area contributed by atoms with Crippen molar-refractivity contribution in [3.63, 3.8) is 0 Å². The van der Waals surface area contributed by atoms with Crippen molar-refractivity contribution in [3.05, 3.63) is 17.2 Å². The minimum Gasteiger partial charge on any atom is -0.496 e. The van der Waals surface area contributed by atoms with E-state index < -0.39 is 0 Å². The number of hydrogen-bond donors (Lipinski definition) is 2. The maximum absolute atomic E-state index is 5.56. The van der Waals surface area contributed by atoms with Gasteiger partial charge in [-0.2, -0.15) is 0 Å². The second-order valence-corrected chi connectivity index (χ2v) is 5.10. The molecular formula is C15H24N2O2. The van der Waals surface area contributed by atoms with E-state index in [-0.39, 0.29) is 0 Å². The number of benzene rings is 1. The molecule has 1 saturated heterocycles. The van der Waals surface area contributed by atoms with Gasteiger partial charge in [-0.1, -0.05) is 0 Å². The largest absolute Gasteiger partial charge is 0.496 e. The monoisotopic (exact) mass is 264 g/mol. The first kappa shape index (κ1) is 14.0. The highest BCUT2D eigenvalue weighted by molar-refractivity contribution is 5.66. The summed E-state index contributed by atoms with van der Waals surface area (Å²) in [6.07, 6.45) is 2.40. The number of nitrogens with one attached hydrogen (secondary N) is 2. The molecule has 1 aromatic carbocycles. The van der Waals surface area contributed by atoms with Crippen molar-refractivity contribution in [2.75, 3.05) is 32.6 Å². The Morgan fingerprint density at radius 2 is 2.00 bits per heavy atom. The number of hydrogen-bond acceptors (Lipinski definition) is 4. The van der Waals surface area contributed by atoms with Crippen LogP contribution in [0.25, 0.3) is 0 Å². The van der Waals surface area contributed by atoms with Crippen molar-refractivity contribution < 1.29 is 9.47 Å². The summed E-state index contributed by atoms with van der Waals surface area (Å²) in [6, 6.07) is 2.49. The molecule has 4 heteroatoms. The van der Waals surface area contributed by atoms with Crippen LogP contribution in [0.5, 0.6) is 11.5 Å². The van der Waals surface area contributed by atoms with E-state index in [1.165, 1.54) is 12.8 Å². The summed E-state index contributed by atoms with van der Waals surface area (Å²) in [5.41, 5.74) is 3.29. The van der Waals surface area contributed by atoms with Gasteiger partial charge in [-0.25, -0.2) is 0 Å². The first-order valence-electron chi connectivity index (χ1n) is 6.86. The van der Waals surface area contributed by atoms with Crippen LogP contribution in [-0.2, 0) is 0 Å². The van der Waals surface area contributed by atoms with Crippen LogP contribution in [0.2, 0.25) is 0 Å². The second kappa shape index (κ2) is 6.15. The molecule has 0 saturated carbocycles. The van der Waals surface area contributed by atoms with E-state index in [2.05, 4.69) is 24.5 Å². The van der Waals surface area contributed by atoms with E-state index in [4.69, 9.17) is 9.47 Å². The molecule has 1 aromatic rings. The standard InChI is InChI=1S/C15H24N2O2/c1-10-11(2)15(19-4)13(8-14(10)18-3)17-12-6-5-7-16-9-12/h8,12,16-17H,5-7,9H2,1-4H3. The van der Waals surface area contributed by atoms with Gasteiger partial charge in [0.1, 0.15) is 11.5 Å². The van der Waals surface area contributed by atoms with Gasteiger partial charge in [0.25, 0.3) is 0 Å². The number of methoxy groups -OCH3 is 2. The Morgan fingerprint density at radius 1 is 1.21 bits per heavy atom. The number of piperidine rings is 1. The van der Waals surface area contributed by atoms with Crippen LogP contribution in [0.4, 0.5) is 5.69 Å². The predicted octanol–water partition coefficient (Wildman–Crippen LogP) is 2.48. The molecule has 1 aliphatic heterocycles. The zero-order valence-electron chi connectivity index (χ0n) is 12.3. The third-order valence-corrected chi connectivity index (χ3v) is 3.87. The van der Waals surface area contributed by atoms with Crippen LogP contribution in [0.3, 0.4) is 0 Å². The van der Waals surface area contributed by atoms with Crippen LogP contribution < -0.4 is 20.1 Å². The minimum absolute atomic E-state index is 0.453. The Hall–Kier alpha value is -1.42. The normalized spacial score (nSPS) is 19.1. The van der Waals surface area contributed by atoms with Crippen LogP contribution in [0, 0.1) is 13.8 Å². The molecule has 2 rings (SSSR count). The van der Waals surface area contributed by atoms with Crippen LogP contribution in [0.1, 0.15) is 24.0 Å². The fourth-order valence-corrected chi connectivity index (χ4v) is 2.64. The van der Waals surface area contributed by atoms with E-state index >= 15 is 0 Å². The summed E-state index contributed by atoms with van der Waals surface area (Å²) in [5.74, 6) is 1.83. The topological polar surface area (TPSA) is 42.5 Å². The minimum atomic E-state index is 0.453. The molecule has 1 unspecified atom stereocenters. The van der Waals surface area contributed by atoms with Gasteiger partial charge in [-0.3, -0.25) is 0 Å². The maximum atomic E-state index is 5.56. The number of rotatable bonds is 4. The highest BCUT2D eigenvalue weighted by atomic mass is 16.5. The SMILES string of the molecule is COc1cc(NC2CCCNC2)c(OC)c(C)c1C. The fraction of sp³-hybridized carbons (Fsp3) is 0.600. The van der Waals surface area contributed by atoms with Crippen molar-refractivity contribution in [1.29, 1.82) is 0 Å². The first-order valence-corrected chi connectivity index (χ1v) is 6.86. The molecule has 0 aromatic heterocycles. The molecule has 1 heterocycles. The van der Waals surface area contributed by atoms with Gasteiger partial charge in [-0.05, 0) is 44.4 Å². The van der Waals surface area contributed by atoms with Crippen LogP contribution >= 0.6 is 0 Å². The second-order valence-electron chi connectivity index (χ2n) is 5.10. The summed E-state index contributed by atoms with van der Waals surface area (Å²) in [5, 5.41) is 6.99. The molecule has 0 radical (unpaired) electrons. The third-order valence-electron chi connectivity index (χ3n) is 3.87. The van der Waals surface area contributed by atoms with Crippen molar-refractivity contribution in [2.24, 2.45) is 0 Å². The molecule has 4 nitrogen and oxygen atoms in total. The average Bonchev–Trinajstić information content (AvgIpc) is 2.44. The molecule has 1 atom stereocenters. The van der Waals surface area contributed by atoms with Gasteiger partial charge < -0.3 is 20.1 Å².